The molecule has 2 aromatic heterocycles. The molecular weight excluding hydrogens is 336 g/mol. The maximum atomic E-state index is 11.3. The van der Waals surface area contributed by atoms with Crippen LogP contribution in [-0.2, 0) is 7.05 Å². The number of thioether (sulfide) groups is 2. The van der Waals surface area contributed by atoms with Crippen LogP contribution < -0.4 is 0 Å². The first-order chi connectivity index (χ1) is 11.6. The molecule has 24 heavy (non-hydrogen) atoms. The average Bonchev–Trinajstić information content (AvgIpc) is 2.95. The number of carbonyl (C=O) groups excluding carboxylic acids is 1. The zero-order chi connectivity index (χ0) is 17.3. The Morgan fingerprint density at radius 1 is 1.12 bits per heavy atom. The molecule has 0 atom stereocenters. The monoisotopic (exact) mass is 354 g/mol. The van der Waals surface area contributed by atoms with Gasteiger partial charge in [0.15, 0.2) is 6.29 Å². The Bertz CT molecular complexity index is 922. The van der Waals surface area contributed by atoms with Crippen LogP contribution in [0.1, 0.15) is 21.5 Å². The summed E-state index contributed by atoms with van der Waals surface area (Å²) in [6.07, 6.45) is 6.80. The number of aldehydes is 1. The molecule has 1 aromatic carbocycles. The minimum Gasteiger partial charge on any atom is -0.350 e. The summed E-state index contributed by atoms with van der Waals surface area (Å²) >= 11 is 3.24. The summed E-state index contributed by atoms with van der Waals surface area (Å²) < 4.78 is 1.97. The molecule has 3 nitrogen and oxygen atoms in total. The third-order valence-corrected chi connectivity index (χ3v) is 5.30. The lowest BCUT2D eigenvalue weighted by atomic mass is 9.98. The highest BCUT2D eigenvalue weighted by Gasteiger charge is 2.11. The van der Waals surface area contributed by atoms with E-state index >= 15 is 0 Å². The second kappa shape index (κ2) is 6.87. The molecule has 0 bridgehead atoms. The molecule has 3 rings (SSSR count). The Morgan fingerprint density at radius 3 is 2.38 bits per heavy atom. The van der Waals surface area contributed by atoms with Gasteiger partial charge in [-0.25, -0.2) is 4.98 Å². The smallest absolute Gasteiger partial charge is 0.152 e. The van der Waals surface area contributed by atoms with Crippen molar-refractivity contribution in [1.82, 2.24) is 9.55 Å². The first kappa shape index (κ1) is 16.9. The number of hydrogen-bond acceptors (Lipinski definition) is 4. The first-order valence-electron chi connectivity index (χ1n) is 7.41. The van der Waals surface area contributed by atoms with E-state index in [1.54, 1.807) is 23.5 Å². The minimum atomic E-state index is 0.700. The van der Waals surface area contributed by atoms with Crippen molar-refractivity contribution in [3.8, 4) is 0 Å². The van der Waals surface area contributed by atoms with Crippen LogP contribution in [0.15, 0.2) is 53.2 Å². The average molecular weight is 355 g/mol. The van der Waals surface area contributed by atoms with E-state index in [0.29, 0.717) is 5.56 Å². The van der Waals surface area contributed by atoms with Crippen molar-refractivity contribution in [3.63, 3.8) is 0 Å². The van der Waals surface area contributed by atoms with Crippen molar-refractivity contribution in [2.75, 3.05) is 12.5 Å². The number of carbonyl (C=O) groups is 1. The SMILES string of the molecule is C=C(c1cc(SC)nc(SC)c1)c1ccc2c(c1)c(C=O)cn2C. The van der Waals surface area contributed by atoms with Crippen LogP contribution >= 0.6 is 23.5 Å². The molecule has 2 heterocycles. The van der Waals surface area contributed by atoms with Crippen molar-refractivity contribution in [2.45, 2.75) is 10.1 Å². The molecule has 122 valence electrons. The van der Waals surface area contributed by atoms with E-state index in [9.17, 15) is 4.79 Å². The van der Waals surface area contributed by atoms with Crippen molar-refractivity contribution in [1.29, 1.82) is 0 Å². The van der Waals surface area contributed by atoms with E-state index in [-0.39, 0.29) is 0 Å². The van der Waals surface area contributed by atoms with E-state index in [1.165, 1.54) is 0 Å². The Hall–Kier alpha value is -1.98. The molecule has 0 saturated carbocycles. The zero-order valence-electron chi connectivity index (χ0n) is 13.9. The summed E-state index contributed by atoms with van der Waals surface area (Å²) in [7, 11) is 1.95. The number of nitrogens with zero attached hydrogens (tertiary/aromatic N) is 2. The van der Waals surface area contributed by atoms with Crippen LogP contribution in [0.25, 0.3) is 16.5 Å². The highest BCUT2D eigenvalue weighted by Crippen LogP contribution is 2.30. The number of hydrogen-bond donors (Lipinski definition) is 0. The van der Waals surface area contributed by atoms with E-state index in [4.69, 9.17) is 0 Å². The van der Waals surface area contributed by atoms with E-state index in [1.807, 2.05) is 42.5 Å². The molecule has 0 spiro atoms. The number of aryl methyl sites for hydroxylation is 1. The second-order valence-corrected chi connectivity index (χ2v) is 7.12. The fraction of sp³-hybridized carbons (Fsp3) is 0.158. The largest absolute Gasteiger partial charge is 0.350 e. The van der Waals surface area contributed by atoms with Gasteiger partial charge in [-0.05, 0) is 53.5 Å². The van der Waals surface area contributed by atoms with Crippen LogP contribution in [-0.4, -0.2) is 28.3 Å². The molecular formula is C19H18N2OS2. The van der Waals surface area contributed by atoms with E-state index in [0.717, 1.165) is 43.9 Å². The fourth-order valence-corrected chi connectivity index (χ4v) is 3.66. The zero-order valence-corrected chi connectivity index (χ0v) is 15.5. The van der Waals surface area contributed by atoms with Gasteiger partial charge in [-0.15, -0.1) is 23.5 Å². The summed E-state index contributed by atoms with van der Waals surface area (Å²) in [5, 5.41) is 2.91. The van der Waals surface area contributed by atoms with Gasteiger partial charge in [-0.1, -0.05) is 12.6 Å². The Kier molecular flexibility index (Phi) is 4.83. The molecule has 0 amide bonds. The number of rotatable bonds is 5. The Morgan fingerprint density at radius 2 is 1.79 bits per heavy atom. The van der Waals surface area contributed by atoms with Gasteiger partial charge in [-0.2, -0.15) is 0 Å². The fourth-order valence-electron chi connectivity index (χ4n) is 2.74. The maximum absolute atomic E-state index is 11.3. The van der Waals surface area contributed by atoms with Crippen molar-refractivity contribution in [2.24, 2.45) is 7.05 Å². The highest BCUT2D eigenvalue weighted by atomic mass is 32.2. The lowest BCUT2D eigenvalue weighted by Crippen LogP contribution is -1.92. The van der Waals surface area contributed by atoms with Gasteiger partial charge in [-0.3, -0.25) is 4.79 Å². The minimum absolute atomic E-state index is 0.700. The quantitative estimate of drug-likeness (QED) is 0.483. The summed E-state index contributed by atoms with van der Waals surface area (Å²) in [4.78, 5) is 15.9. The predicted molar refractivity (Wildman–Crippen MR) is 104 cm³/mol. The van der Waals surface area contributed by atoms with Gasteiger partial charge in [0, 0.05) is 29.7 Å². The molecule has 0 aliphatic carbocycles. The van der Waals surface area contributed by atoms with Crippen LogP contribution in [0.5, 0.6) is 0 Å². The lowest BCUT2D eigenvalue weighted by Gasteiger charge is -2.10. The normalized spacial score (nSPS) is 11.0. The third kappa shape index (κ3) is 3.01. The summed E-state index contributed by atoms with van der Waals surface area (Å²) in [6, 6.07) is 10.2. The highest BCUT2D eigenvalue weighted by molar-refractivity contribution is 7.99. The number of fused-ring (bicyclic) bond motifs is 1. The van der Waals surface area contributed by atoms with Crippen molar-refractivity contribution in [3.05, 3.63) is 59.8 Å². The number of aromatic nitrogens is 2. The van der Waals surface area contributed by atoms with Gasteiger partial charge >= 0.3 is 0 Å². The molecule has 0 saturated heterocycles. The van der Waals surface area contributed by atoms with Gasteiger partial charge in [0.25, 0.3) is 0 Å². The third-order valence-electron chi connectivity index (χ3n) is 4.04. The lowest BCUT2D eigenvalue weighted by molar-refractivity contribution is 0.112. The van der Waals surface area contributed by atoms with E-state index in [2.05, 4.69) is 29.8 Å². The molecule has 0 aliphatic heterocycles. The molecule has 0 aliphatic rings. The van der Waals surface area contributed by atoms with Crippen LogP contribution in [0.3, 0.4) is 0 Å². The van der Waals surface area contributed by atoms with Gasteiger partial charge in [0.2, 0.25) is 0 Å². The van der Waals surface area contributed by atoms with Gasteiger partial charge in [0.1, 0.15) is 0 Å². The Labute approximate surface area is 150 Å². The first-order valence-corrected chi connectivity index (χ1v) is 9.86. The van der Waals surface area contributed by atoms with Crippen LogP contribution in [0.2, 0.25) is 0 Å². The molecule has 0 unspecified atom stereocenters. The standard InChI is InChI=1S/C19H18N2OS2/c1-12(14-8-18(23-3)20-19(9-14)24-4)13-5-6-17-16(7-13)15(11-22)10-21(17)2/h5-11H,1H2,2-4H3. The molecule has 3 aromatic rings. The maximum Gasteiger partial charge on any atom is 0.152 e. The number of pyridine rings is 1. The summed E-state index contributed by atoms with van der Waals surface area (Å²) in [5.41, 5.74) is 4.75. The predicted octanol–water partition coefficient (Wildman–Crippen LogP) is 4.89. The summed E-state index contributed by atoms with van der Waals surface area (Å²) in [5.74, 6) is 0. The molecule has 5 heteroatoms. The van der Waals surface area contributed by atoms with Crippen molar-refractivity contribution >= 4 is 46.3 Å². The van der Waals surface area contributed by atoms with Crippen LogP contribution in [0, 0.1) is 0 Å². The van der Waals surface area contributed by atoms with Gasteiger partial charge < -0.3 is 4.57 Å². The second-order valence-electron chi connectivity index (χ2n) is 5.46. The molecule has 0 radical (unpaired) electrons. The molecule has 0 N–H and O–H groups in total. The van der Waals surface area contributed by atoms with Crippen LogP contribution in [0.4, 0.5) is 0 Å². The molecule has 0 fully saturated rings. The number of benzene rings is 1. The Balaban J connectivity index is 2.10. The van der Waals surface area contributed by atoms with E-state index < -0.39 is 0 Å². The van der Waals surface area contributed by atoms with Gasteiger partial charge in [0.05, 0.1) is 10.1 Å². The van der Waals surface area contributed by atoms with Crippen molar-refractivity contribution < 1.29 is 4.79 Å². The topological polar surface area (TPSA) is 34.9 Å². The summed E-state index contributed by atoms with van der Waals surface area (Å²) in [6.45, 7) is 4.27.